The van der Waals surface area contributed by atoms with Gasteiger partial charge in [0.25, 0.3) is 0 Å². The van der Waals surface area contributed by atoms with E-state index in [1.54, 1.807) is 30.3 Å². The van der Waals surface area contributed by atoms with Gasteiger partial charge in [-0.2, -0.15) is 0 Å². The van der Waals surface area contributed by atoms with E-state index in [0.717, 1.165) is 4.47 Å². The summed E-state index contributed by atoms with van der Waals surface area (Å²) in [4.78, 5) is 0.154. The fraction of sp³-hybridized carbons (Fsp3) is 0.0769. The lowest BCUT2D eigenvalue weighted by atomic mass is 10.2. The number of nitrogens with two attached hydrogens (primary N) is 1. The molecule has 0 bridgehead atoms. The van der Waals surface area contributed by atoms with Gasteiger partial charge in [0, 0.05) is 8.95 Å². The Morgan fingerprint density at radius 3 is 2.37 bits per heavy atom. The molecule has 0 aliphatic carbocycles. The first-order valence-corrected chi connectivity index (χ1v) is 8.64. The van der Waals surface area contributed by atoms with E-state index >= 15 is 0 Å². The van der Waals surface area contributed by atoms with Crippen LogP contribution in [0.3, 0.4) is 0 Å². The lowest BCUT2D eigenvalue weighted by Gasteiger charge is -2.08. The molecular formula is C13H11Br2NO2S. The highest BCUT2D eigenvalue weighted by Crippen LogP contribution is 2.26. The van der Waals surface area contributed by atoms with Gasteiger partial charge in [-0.3, -0.25) is 0 Å². The molecular weight excluding hydrogens is 394 g/mol. The zero-order chi connectivity index (χ0) is 14.0. The monoisotopic (exact) mass is 403 g/mol. The Morgan fingerprint density at radius 1 is 1.00 bits per heavy atom. The highest BCUT2D eigenvalue weighted by molar-refractivity contribution is 9.10. The predicted octanol–water partition coefficient (Wildman–Crippen LogP) is 3.77. The molecule has 0 saturated heterocycles. The third kappa shape index (κ3) is 3.58. The molecule has 0 aliphatic rings. The minimum absolute atomic E-state index is 0.0763. The summed E-state index contributed by atoms with van der Waals surface area (Å²) in [7, 11) is -3.46. The van der Waals surface area contributed by atoms with E-state index in [2.05, 4.69) is 31.9 Å². The molecule has 0 saturated carbocycles. The van der Waals surface area contributed by atoms with Crippen LogP contribution in [0.4, 0.5) is 5.69 Å². The topological polar surface area (TPSA) is 60.2 Å². The Bertz CT molecular complexity index is 714. The zero-order valence-electron chi connectivity index (χ0n) is 9.81. The second-order valence-corrected chi connectivity index (χ2v) is 7.86. The summed E-state index contributed by atoms with van der Waals surface area (Å²) in [6.07, 6.45) is 0. The molecule has 0 aliphatic heterocycles. The fourth-order valence-electron chi connectivity index (χ4n) is 1.70. The molecule has 0 radical (unpaired) electrons. The molecule has 0 amide bonds. The van der Waals surface area contributed by atoms with E-state index in [0.29, 0.717) is 10.0 Å². The second-order valence-electron chi connectivity index (χ2n) is 4.07. The number of benzene rings is 2. The molecule has 2 rings (SSSR count). The number of hydrogen-bond donors (Lipinski definition) is 1. The average molecular weight is 405 g/mol. The zero-order valence-corrected chi connectivity index (χ0v) is 13.8. The van der Waals surface area contributed by atoms with Gasteiger partial charge in [0.05, 0.1) is 16.3 Å². The van der Waals surface area contributed by atoms with Crippen molar-refractivity contribution in [2.75, 3.05) is 5.73 Å². The minimum Gasteiger partial charge on any atom is -0.398 e. The molecule has 19 heavy (non-hydrogen) atoms. The van der Waals surface area contributed by atoms with Crippen LogP contribution in [0.15, 0.2) is 56.3 Å². The first kappa shape index (κ1) is 14.6. The molecule has 0 atom stereocenters. The third-order valence-electron chi connectivity index (χ3n) is 2.56. The van der Waals surface area contributed by atoms with Crippen molar-refractivity contribution >= 4 is 47.4 Å². The molecule has 3 nitrogen and oxygen atoms in total. The van der Waals surface area contributed by atoms with Crippen molar-refractivity contribution in [3.8, 4) is 0 Å². The second kappa shape index (κ2) is 5.64. The van der Waals surface area contributed by atoms with Crippen molar-refractivity contribution in [2.24, 2.45) is 0 Å². The molecule has 0 fully saturated rings. The molecule has 100 valence electrons. The highest BCUT2D eigenvalue weighted by Gasteiger charge is 2.18. The Balaban J connectivity index is 2.40. The quantitative estimate of drug-likeness (QED) is 0.792. The van der Waals surface area contributed by atoms with Gasteiger partial charge in [0.1, 0.15) is 0 Å². The van der Waals surface area contributed by atoms with Crippen LogP contribution < -0.4 is 5.73 Å². The number of nitrogen functional groups attached to an aromatic ring is 1. The van der Waals surface area contributed by atoms with Crippen LogP contribution in [-0.4, -0.2) is 8.42 Å². The van der Waals surface area contributed by atoms with Gasteiger partial charge in [-0.1, -0.05) is 44.0 Å². The molecule has 0 unspecified atom stereocenters. The van der Waals surface area contributed by atoms with Gasteiger partial charge in [-0.25, -0.2) is 8.42 Å². The minimum atomic E-state index is -3.46. The molecule has 0 aromatic heterocycles. The van der Waals surface area contributed by atoms with Crippen LogP contribution >= 0.6 is 31.9 Å². The van der Waals surface area contributed by atoms with Gasteiger partial charge in [0.2, 0.25) is 0 Å². The van der Waals surface area contributed by atoms with Crippen molar-refractivity contribution in [1.82, 2.24) is 0 Å². The highest BCUT2D eigenvalue weighted by atomic mass is 79.9. The molecule has 0 heterocycles. The number of hydrogen-bond acceptors (Lipinski definition) is 3. The van der Waals surface area contributed by atoms with Crippen LogP contribution in [0, 0.1) is 0 Å². The van der Waals surface area contributed by atoms with Crippen LogP contribution in [0.25, 0.3) is 0 Å². The van der Waals surface area contributed by atoms with Crippen molar-refractivity contribution < 1.29 is 8.42 Å². The maximum Gasteiger partial charge on any atom is 0.184 e. The fourth-order valence-corrected chi connectivity index (χ4v) is 4.17. The van der Waals surface area contributed by atoms with E-state index < -0.39 is 9.84 Å². The Kier molecular flexibility index (Phi) is 4.32. The normalized spacial score (nSPS) is 11.5. The van der Waals surface area contributed by atoms with Crippen LogP contribution in [0.5, 0.6) is 0 Å². The van der Waals surface area contributed by atoms with Crippen molar-refractivity contribution in [3.05, 3.63) is 57.0 Å². The third-order valence-corrected chi connectivity index (χ3v) is 5.28. The van der Waals surface area contributed by atoms with E-state index in [1.165, 1.54) is 6.07 Å². The van der Waals surface area contributed by atoms with E-state index in [-0.39, 0.29) is 16.3 Å². The molecule has 0 spiro atoms. The summed E-state index contributed by atoms with van der Waals surface area (Å²) >= 11 is 6.58. The summed E-state index contributed by atoms with van der Waals surface area (Å²) in [5.74, 6) is -0.0763. The number of halogens is 2. The van der Waals surface area contributed by atoms with Gasteiger partial charge in [-0.15, -0.1) is 0 Å². The van der Waals surface area contributed by atoms with E-state index in [1.807, 2.05) is 6.07 Å². The summed E-state index contributed by atoms with van der Waals surface area (Å²) < 4.78 is 26.3. The first-order chi connectivity index (χ1) is 8.88. The summed E-state index contributed by atoms with van der Waals surface area (Å²) in [5.41, 5.74) is 6.73. The van der Waals surface area contributed by atoms with Crippen molar-refractivity contribution in [3.63, 3.8) is 0 Å². The molecule has 6 heteroatoms. The SMILES string of the molecule is Nc1ccc(Br)cc1S(=O)(=O)Cc1cccc(Br)c1. The molecule has 2 N–H and O–H groups in total. The van der Waals surface area contributed by atoms with Gasteiger partial charge < -0.3 is 5.73 Å². The van der Waals surface area contributed by atoms with Crippen LogP contribution in [-0.2, 0) is 15.6 Å². The number of anilines is 1. The molecule has 2 aromatic rings. The predicted molar refractivity (Wildman–Crippen MR) is 83.6 cm³/mol. The van der Waals surface area contributed by atoms with Gasteiger partial charge in [-0.05, 0) is 35.9 Å². The Hall–Kier alpha value is -0.850. The smallest absolute Gasteiger partial charge is 0.184 e. The standard InChI is InChI=1S/C13H11Br2NO2S/c14-10-3-1-2-9(6-10)8-19(17,18)13-7-11(15)4-5-12(13)16/h1-7H,8,16H2. The average Bonchev–Trinajstić information content (AvgIpc) is 2.31. The van der Waals surface area contributed by atoms with E-state index in [4.69, 9.17) is 5.73 Å². The summed E-state index contributed by atoms with van der Waals surface area (Å²) in [5, 5.41) is 0. The largest absolute Gasteiger partial charge is 0.398 e. The van der Waals surface area contributed by atoms with E-state index in [9.17, 15) is 8.42 Å². The summed E-state index contributed by atoms with van der Waals surface area (Å²) in [6, 6.07) is 12.0. The number of sulfone groups is 1. The lowest BCUT2D eigenvalue weighted by molar-refractivity contribution is 0.595. The number of rotatable bonds is 3. The van der Waals surface area contributed by atoms with Crippen LogP contribution in [0.2, 0.25) is 0 Å². The van der Waals surface area contributed by atoms with Gasteiger partial charge >= 0.3 is 0 Å². The maximum absolute atomic E-state index is 12.4. The van der Waals surface area contributed by atoms with Crippen molar-refractivity contribution in [1.29, 1.82) is 0 Å². The Labute approximate surface area is 129 Å². The maximum atomic E-state index is 12.4. The van der Waals surface area contributed by atoms with Crippen molar-refractivity contribution in [2.45, 2.75) is 10.6 Å². The van der Waals surface area contributed by atoms with Crippen LogP contribution in [0.1, 0.15) is 5.56 Å². The summed E-state index contributed by atoms with van der Waals surface area (Å²) in [6.45, 7) is 0. The first-order valence-electron chi connectivity index (χ1n) is 5.41. The lowest BCUT2D eigenvalue weighted by Crippen LogP contribution is -2.08. The van der Waals surface area contributed by atoms with Gasteiger partial charge in [0.15, 0.2) is 9.84 Å². The Morgan fingerprint density at radius 2 is 1.68 bits per heavy atom. The molecule has 2 aromatic carbocycles.